The summed E-state index contributed by atoms with van der Waals surface area (Å²) < 4.78 is 0. The van der Waals surface area contributed by atoms with Gasteiger partial charge in [0.05, 0.1) is 0 Å². The van der Waals surface area contributed by atoms with E-state index in [0.29, 0.717) is 0 Å². The molecule has 4 aromatic rings. The summed E-state index contributed by atoms with van der Waals surface area (Å²) in [5.74, 6) is 0. The Labute approximate surface area is 175 Å². The first-order chi connectivity index (χ1) is 13.3. The standard InChI is InChI=1S/C26H25P.ClH/c1-22-13-11-12-14-23(22)21-27(24-15-5-2-6-16-24,25-17-7-3-8-18-25)26-19-9-4-10-20-26;/h2-20,27H,21H2,1H3;1H. The van der Waals surface area contributed by atoms with Crippen LogP contribution in [-0.2, 0) is 6.16 Å². The van der Waals surface area contributed by atoms with E-state index < -0.39 is 7.26 Å². The molecule has 0 aliphatic heterocycles. The smallest absolute Gasteiger partial charge is 0.147 e. The van der Waals surface area contributed by atoms with Crippen LogP contribution < -0.4 is 15.9 Å². The van der Waals surface area contributed by atoms with Crippen molar-refractivity contribution in [3.05, 3.63) is 126 Å². The van der Waals surface area contributed by atoms with Crippen LogP contribution in [0, 0.1) is 6.92 Å². The number of hydrogen-bond donors (Lipinski definition) is 0. The van der Waals surface area contributed by atoms with Gasteiger partial charge in [-0.3, -0.25) is 0 Å². The fourth-order valence-electron chi connectivity index (χ4n) is 4.07. The van der Waals surface area contributed by atoms with Gasteiger partial charge in [-0.25, -0.2) is 0 Å². The van der Waals surface area contributed by atoms with Gasteiger partial charge < -0.3 is 0 Å². The molecule has 0 radical (unpaired) electrons. The van der Waals surface area contributed by atoms with Crippen LogP contribution >= 0.6 is 19.7 Å². The fourth-order valence-corrected chi connectivity index (χ4v) is 8.93. The zero-order valence-corrected chi connectivity index (χ0v) is 17.9. The summed E-state index contributed by atoms with van der Waals surface area (Å²) in [6.45, 7) is 2.23. The first-order valence-electron chi connectivity index (χ1n) is 9.52. The fraction of sp³-hybridized carbons (Fsp3) is 0.0769. The van der Waals surface area contributed by atoms with E-state index >= 15 is 0 Å². The summed E-state index contributed by atoms with van der Waals surface area (Å²) in [6.07, 6.45) is 1.07. The van der Waals surface area contributed by atoms with E-state index in [2.05, 4.69) is 122 Å². The molecular weight excluding hydrogens is 379 g/mol. The number of hydrogen-bond acceptors (Lipinski definition) is 0. The van der Waals surface area contributed by atoms with E-state index in [9.17, 15) is 0 Å². The quantitative estimate of drug-likeness (QED) is 0.377. The molecule has 0 heterocycles. The maximum Gasteiger partial charge on any atom is -0.147 e. The number of aryl methyl sites for hydroxylation is 1. The summed E-state index contributed by atoms with van der Waals surface area (Å²) in [5.41, 5.74) is 2.82. The van der Waals surface area contributed by atoms with Crippen molar-refractivity contribution in [1.29, 1.82) is 0 Å². The molecule has 0 saturated heterocycles. The average molecular weight is 405 g/mol. The molecule has 0 aliphatic carbocycles. The van der Waals surface area contributed by atoms with Crippen LogP contribution in [0.3, 0.4) is 0 Å². The Balaban J connectivity index is 0.00000225. The van der Waals surface area contributed by atoms with E-state index in [1.807, 2.05) is 0 Å². The van der Waals surface area contributed by atoms with E-state index in [4.69, 9.17) is 0 Å². The van der Waals surface area contributed by atoms with Crippen molar-refractivity contribution < 1.29 is 0 Å². The molecule has 0 nitrogen and oxygen atoms in total. The van der Waals surface area contributed by atoms with Gasteiger partial charge in [0, 0.05) is 0 Å². The molecule has 28 heavy (non-hydrogen) atoms. The van der Waals surface area contributed by atoms with Crippen molar-refractivity contribution in [3.8, 4) is 0 Å². The van der Waals surface area contributed by atoms with Crippen LogP contribution in [-0.4, -0.2) is 0 Å². The Morgan fingerprint density at radius 2 is 0.857 bits per heavy atom. The zero-order valence-electron chi connectivity index (χ0n) is 16.1. The van der Waals surface area contributed by atoms with Crippen molar-refractivity contribution in [3.63, 3.8) is 0 Å². The zero-order chi connectivity index (χ0) is 18.5. The molecule has 0 aliphatic rings. The maximum absolute atomic E-state index is 2.32. The number of rotatable bonds is 5. The molecule has 0 N–H and O–H groups in total. The molecule has 0 fully saturated rings. The van der Waals surface area contributed by atoms with Gasteiger partial charge in [-0.1, -0.05) is 0 Å². The predicted molar refractivity (Wildman–Crippen MR) is 129 cm³/mol. The molecule has 0 bridgehead atoms. The largest absolute Gasteiger partial charge is 0.147 e. The van der Waals surface area contributed by atoms with Gasteiger partial charge in [0.1, 0.15) is 0 Å². The number of halogens is 1. The second-order valence-electron chi connectivity index (χ2n) is 7.11. The average Bonchev–Trinajstić information content (AvgIpc) is 2.75. The van der Waals surface area contributed by atoms with Gasteiger partial charge in [0.15, 0.2) is 0 Å². The van der Waals surface area contributed by atoms with Gasteiger partial charge >= 0.3 is 163 Å². The molecule has 142 valence electrons. The van der Waals surface area contributed by atoms with Gasteiger partial charge in [-0.2, -0.15) is 0 Å². The first-order valence-corrected chi connectivity index (χ1v) is 11.7. The normalized spacial score (nSPS) is 11.5. The minimum atomic E-state index is -2.20. The molecule has 2 heteroatoms. The Morgan fingerprint density at radius 1 is 0.500 bits per heavy atom. The first kappa shape index (κ1) is 20.3. The molecule has 0 saturated carbocycles. The van der Waals surface area contributed by atoms with Crippen LogP contribution in [0.4, 0.5) is 0 Å². The Bertz CT molecular complexity index is 901. The van der Waals surface area contributed by atoms with Crippen molar-refractivity contribution in [2.45, 2.75) is 13.1 Å². The molecule has 0 spiro atoms. The van der Waals surface area contributed by atoms with Gasteiger partial charge in [-0.05, 0) is 0 Å². The molecule has 0 atom stereocenters. The summed E-state index contributed by atoms with van der Waals surface area (Å²) in [4.78, 5) is 0. The second kappa shape index (κ2) is 9.20. The van der Waals surface area contributed by atoms with Crippen LogP contribution in [0.2, 0.25) is 0 Å². The Kier molecular flexibility index (Phi) is 6.68. The Hall–Kier alpha value is -2.40. The van der Waals surface area contributed by atoms with Crippen molar-refractivity contribution >= 4 is 35.6 Å². The molecular formula is C26H26ClP. The minimum Gasteiger partial charge on any atom is -0.147 e. The van der Waals surface area contributed by atoms with Crippen LogP contribution in [0.1, 0.15) is 11.1 Å². The Morgan fingerprint density at radius 3 is 1.25 bits per heavy atom. The monoisotopic (exact) mass is 404 g/mol. The van der Waals surface area contributed by atoms with Crippen molar-refractivity contribution in [2.24, 2.45) is 0 Å². The van der Waals surface area contributed by atoms with Crippen LogP contribution in [0.25, 0.3) is 0 Å². The number of benzene rings is 4. The van der Waals surface area contributed by atoms with E-state index in [1.165, 1.54) is 27.0 Å². The molecule has 0 aromatic heterocycles. The summed E-state index contributed by atoms with van der Waals surface area (Å²) in [6, 6.07) is 42.2. The van der Waals surface area contributed by atoms with Gasteiger partial charge in [-0.15, -0.1) is 12.4 Å². The van der Waals surface area contributed by atoms with E-state index in [-0.39, 0.29) is 12.4 Å². The molecule has 0 amide bonds. The third kappa shape index (κ3) is 3.90. The summed E-state index contributed by atoms with van der Waals surface area (Å²) in [7, 11) is -2.20. The molecule has 0 unspecified atom stereocenters. The topological polar surface area (TPSA) is 0 Å². The van der Waals surface area contributed by atoms with Crippen molar-refractivity contribution in [2.75, 3.05) is 0 Å². The minimum absolute atomic E-state index is 0. The third-order valence-electron chi connectivity index (χ3n) is 5.52. The SMILES string of the molecule is Cc1ccccc1C[PH](c1ccccc1)(c1ccccc1)c1ccccc1.Cl. The van der Waals surface area contributed by atoms with Gasteiger partial charge in [0.25, 0.3) is 0 Å². The van der Waals surface area contributed by atoms with Crippen LogP contribution in [0.15, 0.2) is 115 Å². The third-order valence-corrected chi connectivity index (χ3v) is 10.4. The summed E-state index contributed by atoms with van der Waals surface area (Å²) >= 11 is 0. The maximum atomic E-state index is 2.32. The van der Waals surface area contributed by atoms with Gasteiger partial charge in [0.2, 0.25) is 0 Å². The molecule has 4 rings (SSSR count). The van der Waals surface area contributed by atoms with E-state index in [0.717, 1.165) is 6.16 Å². The summed E-state index contributed by atoms with van der Waals surface area (Å²) in [5, 5.41) is 4.39. The predicted octanol–water partition coefficient (Wildman–Crippen LogP) is 5.64. The van der Waals surface area contributed by atoms with Crippen molar-refractivity contribution in [1.82, 2.24) is 0 Å². The second-order valence-corrected chi connectivity index (χ2v) is 11.0. The molecule has 4 aromatic carbocycles. The van der Waals surface area contributed by atoms with E-state index in [1.54, 1.807) is 0 Å². The van der Waals surface area contributed by atoms with Crippen LogP contribution in [0.5, 0.6) is 0 Å².